The molecule has 1 aliphatic rings. The molecule has 2 heterocycles. The summed E-state index contributed by atoms with van der Waals surface area (Å²) in [4.78, 5) is 3.59. The number of aromatic amines is 1. The molecule has 9 heteroatoms. The number of anilines is 1. The molecule has 2 aromatic carbocycles. The second-order valence-corrected chi connectivity index (χ2v) is 10.8. The number of rotatable bonds is 10. The fourth-order valence-electron chi connectivity index (χ4n) is 4.56. The van der Waals surface area contributed by atoms with E-state index in [1.807, 2.05) is 18.2 Å². The van der Waals surface area contributed by atoms with E-state index in [1.165, 1.54) is 29.5 Å². The molecule has 8 nitrogen and oxygen atoms in total. The van der Waals surface area contributed by atoms with Gasteiger partial charge in [-0.1, -0.05) is 12.1 Å². The first-order chi connectivity index (χ1) is 16.3. The van der Waals surface area contributed by atoms with E-state index in [0.717, 1.165) is 30.4 Å². The first kappa shape index (κ1) is 24.5. The molecule has 2 atom stereocenters. The highest BCUT2D eigenvalue weighted by Gasteiger charge is 2.20. The summed E-state index contributed by atoms with van der Waals surface area (Å²) in [6, 6.07) is 13.2. The maximum Gasteiger partial charge on any atom is 0.229 e. The molecule has 1 fully saturated rings. The molecule has 2 unspecified atom stereocenters. The van der Waals surface area contributed by atoms with Crippen LogP contribution in [0.25, 0.3) is 10.9 Å². The molecule has 0 aliphatic carbocycles. The third-order valence-corrected chi connectivity index (χ3v) is 6.81. The van der Waals surface area contributed by atoms with Gasteiger partial charge in [0, 0.05) is 47.4 Å². The van der Waals surface area contributed by atoms with Gasteiger partial charge in [0.05, 0.1) is 6.26 Å². The van der Waals surface area contributed by atoms with E-state index in [-0.39, 0.29) is 6.61 Å². The van der Waals surface area contributed by atoms with Crippen LogP contribution in [0.4, 0.5) is 5.69 Å². The molecular formula is C25H34N4O4S. The minimum absolute atomic E-state index is 0.125. The average Bonchev–Trinajstić information content (AvgIpc) is 3.13. The van der Waals surface area contributed by atoms with Crippen molar-refractivity contribution in [2.24, 2.45) is 0 Å². The van der Waals surface area contributed by atoms with E-state index in [2.05, 4.69) is 33.3 Å². The minimum atomic E-state index is -3.31. The molecule has 4 rings (SSSR count). The van der Waals surface area contributed by atoms with Crippen molar-refractivity contribution in [3.05, 3.63) is 59.3 Å². The van der Waals surface area contributed by atoms with Crippen molar-refractivity contribution < 1.29 is 18.3 Å². The summed E-state index contributed by atoms with van der Waals surface area (Å²) in [7, 11) is -3.31. The third-order valence-electron chi connectivity index (χ3n) is 6.21. The van der Waals surface area contributed by atoms with Gasteiger partial charge in [-0.3, -0.25) is 10.0 Å². The Balaban J connectivity index is 1.28. The number of hydrogen-bond donors (Lipinski definition) is 5. The molecule has 0 saturated carbocycles. The summed E-state index contributed by atoms with van der Waals surface area (Å²) in [5, 5.41) is 18.0. The Kier molecular flexibility index (Phi) is 7.77. The highest BCUT2D eigenvalue weighted by Crippen LogP contribution is 2.32. The van der Waals surface area contributed by atoms with Crippen LogP contribution in [0, 0.1) is 6.92 Å². The van der Waals surface area contributed by atoms with Gasteiger partial charge < -0.3 is 20.1 Å². The van der Waals surface area contributed by atoms with Crippen LogP contribution in [0.5, 0.6) is 5.75 Å². The number of H-pyrrole nitrogens is 1. The fraction of sp³-hybridized carbons (Fsp3) is 0.440. The molecule has 3 aromatic rings. The van der Waals surface area contributed by atoms with E-state index >= 15 is 0 Å². The summed E-state index contributed by atoms with van der Waals surface area (Å²) in [5.41, 5.74) is 5.15. The minimum Gasteiger partial charge on any atom is -0.489 e. The molecule has 34 heavy (non-hydrogen) atoms. The van der Waals surface area contributed by atoms with Crippen LogP contribution in [0.2, 0.25) is 0 Å². The Labute approximate surface area is 201 Å². The Morgan fingerprint density at radius 3 is 2.85 bits per heavy atom. The number of aryl methyl sites for hydroxylation is 1. The number of benzene rings is 2. The van der Waals surface area contributed by atoms with Gasteiger partial charge in [-0.25, -0.2) is 8.42 Å². The van der Waals surface area contributed by atoms with Crippen molar-refractivity contribution in [3.8, 4) is 5.75 Å². The Morgan fingerprint density at radius 1 is 1.24 bits per heavy atom. The van der Waals surface area contributed by atoms with Crippen LogP contribution in [-0.4, -0.2) is 57.2 Å². The number of hydrogen-bond acceptors (Lipinski definition) is 6. The highest BCUT2D eigenvalue weighted by atomic mass is 32.2. The number of nitrogens with one attached hydrogen (secondary N) is 4. The second-order valence-electron chi connectivity index (χ2n) is 9.02. The molecular weight excluding hydrogens is 452 g/mol. The largest absolute Gasteiger partial charge is 0.489 e. The maximum atomic E-state index is 11.4. The van der Waals surface area contributed by atoms with Crippen molar-refractivity contribution >= 4 is 26.6 Å². The van der Waals surface area contributed by atoms with Gasteiger partial charge in [0.2, 0.25) is 10.0 Å². The Hall–Kier alpha value is -2.59. The van der Waals surface area contributed by atoms with E-state index in [1.54, 1.807) is 18.2 Å². The number of aliphatic hydroxyl groups is 1. The van der Waals surface area contributed by atoms with Crippen LogP contribution >= 0.6 is 0 Å². The second kappa shape index (κ2) is 10.8. The summed E-state index contributed by atoms with van der Waals surface area (Å²) in [6.07, 6.45) is 3.34. The number of aliphatic hydroxyl groups excluding tert-OH is 1. The predicted octanol–water partition coefficient (Wildman–Crippen LogP) is 2.84. The van der Waals surface area contributed by atoms with Crippen molar-refractivity contribution in [3.63, 3.8) is 0 Å². The van der Waals surface area contributed by atoms with Crippen molar-refractivity contribution in [1.82, 2.24) is 15.6 Å². The zero-order valence-corrected chi connectivity index (χ0v) is 20.5. The smallest absolute Gasteiger partial charge is 0.229 e. The summed E-state index contributed by atoms with van der Waals surface area (Å²) in [5.74, 6) is 1.22. The lowest BCUT2D eigenvalue weighted by Crippen LogP contribution is -2.35. The SMILES string of the molecule is Cc1c(C2CCCNC2)[nH]c2cc(OCC(O)NCCc3cccc(NS(C)(=O)=O)c3)ccc12. The summed E-state index contributed by atoms with van der Waals surface area (Å²) >= 11 is 0. The molecule has 0 spiro atoms. The van der Waals surface area contributed by atoms with Crippen LogP contribution in [0.3, 0.4) is 0 Å². The van der Waals surface area contributed by atoms with Crippen molar-refractivity contribution in [2.45, 2.75) is 38.3 Å². The highest BCUT2D eigenvalue weighted by molar-refractivity contribution is 7.92. The lowest BCUT2D eigenvalue weighted by atomic mass is 9.93. The van der Waals surface area contributed by atoms with E-state index in [4.69, 9.17) is 4.74 Å². The van der Waals surface area contributed by atoms with Gasteiger partial charge in [0.15, 0.2) is 0 Å². The first-order valence-corrected chi connectivity index (χ1v) is 13.6. The molecule has 5 N–H and O–H groups in total. The number of aromatic nitrogens is 1. The topological polar surface area (TPSA) is 115 Å². The third kappa shape index (κ3) is 6.50. The molecule has 1 saturated heterocycles. The zero-order valence-electron chi connectivity index (χ0n) is 19.7. The van der Waals surface area contributed by atoms with Gasteiger partial charge in [0.1, 0.15) is 18.6 Å². The average molecular weight is 487 g/mol. The van der Waals surface area contributed by atoms with Crippen LogP contribution in [0.1, 0.15) is 35.6 Å². The molecule has 1 aromatic heterocycles. The van der Waals surface area contributed by atoms with Crippen LogP contribution in [0.15, 0.2) is 42.5 Å². The van der Waals surface area contributed by atoms with E-state index in [9.17, 15) is 13.5 Å². The van der Waals surface area contributed by atoms with Gasteiger partial charge in [-0.05, 0) is 68.1 Å². The van der Waals surface area contributed by atoms with Crippen molar-refractivity contribution in [2.75, 3.05) is 37.2 Å². The lowest BCUT2D eigenvalue weighted by molar-refractivity contribution is 0.0796. The molecule has 0 radical (unpaired) electrons. The number of sulfonamides is 1. The zero-order chi connectivity index (χ0) is 24.1. The summed E-state index contributed by atoms with van der Waals surface area (Å²) < 4.78 is 31.1. The van der Waals surface area contributed by atoms with E-state index in [0.29, 0.717) is 30.3 Å². The van der Waals surface area contributed by atoms with Crippen LogP contribution < -0.4 is 20.1 Å². The lowest BCUT2D eigenvalue weighted by Gasteiger charge is -2.22. The molecule has 0 amide bonds. The van der Waals surface area contributed by atoms with E-state index < -0.39 is 16.3 Å². The fourth-order valence-corrected chi connectivity index (χ4v) is 5.11. The normalized spacial score (nSPS) is 17.6. The number of piperidine rings is 1. The monoisotopic (exact) mass is 486 g/mol. The standard InChI is InChI=1S/C25H34N4O4S/c1-17-22-9-8-21(14-23(22)28-25(17)19-6-4-11-26-15-19)33-16-24(30)27-12-10-18-5-3-7-20(13-18)29-34(2,31)32/h3,5,7-9,13-14,19,24,26-30H,4,6,10-12,15-16H2,1-2H3. The number of fused-ring (bicyclic) bond motifs is 1. The van der Waals surface area contributed by atoms with Gasteiger partial charge >= 0.3 is 0 Å². The molecule has 0 bridgehead atoms. The molecule has 1 aliphatic heterocycles. The van der Waals surface area contributed by atoms with Crippen molar-refractivity contribution in [1.29, 1.82) is 0 Å². The van der Waals surface area contributed by atoms with Gasteiger partial charge in [-0.2, -0.15) is 0 Å². The van der Waals surface area contributed by atoms with Gasteiger partial charge in [0.25, 0.3) is 0 Å². The maximum absolute atomic E-state index is 11.4. The quantitative estimate of drug-likeness (QED) is 0.282. The van der Waals surface area contributed by atoms with Crippen LogP contribution in [-0.2, 0) is 16.4 Å². The Bertz CT molecular complexity index is 1220. The first-order valence-electron chi connectivity index (χ1n) is 11.7. The predicted molar refractivity (Wildman–Crippen MR) is 136 cm³/mol. The molecule has 184 valence electrons. The van der Waals surface area contributed by atoms with Gasteiger partial charge in [-0.15, -0.1) is 0 Å². The summed E-state index contributed by atoms with van der Waals surface area (Å²) in [6.45, 7) is 4.93. The number of ether oxygens (including phenoxy) is 1. The Morgan fingerprint density at radius 2 is 2.09 bits per heavy atom.